The lowest BCUT2D eigenvalue weighted by atomic mass is 9.97. The molecule has 8 nitrogen and oxygen atoms in total. The summed E-state index contributed by atoms with van der Waals surface area (Å²) in [4.78, 5) is 32.6. The van der Waals surface area contributed by atoms with Crippen molar-refractivity contribution >= 4 is 11.9 Å². The standard InChI is InChI=1S/C30H39F3N6O2/c1-36-15-10-21(11-16-36)35-29(41)37-17-12-22(13-18-37)39-27(20-8-9-20)24(19-34-39)28(40)38-14-4-7-26(38)23-5-2-3-6-25(23)30(31,32)33/h2-3,5-6,19-22,26H,4,7-18H2,1H3,(H,35,41). The summed E-state index contributed by atoms with van der Waals surface area (Å²) in [5, 5.41) is 7.89. The average molecular weight is 573 g/mol. The highest BCUT2D eigenvalue weighted by Gasteiger charge is 2.42. The smallest absolute Gasteiger partial charge is 0.335 e. The summed E-state index contributed by atoms with van der Waals surface area (Å²) in [6.45, 7) is 3.65. The van der Waals surface area contributed by atoms with Gasteiger partial charge < -0.3 is 20.0 Å². The molecule has 1 aromatic carbocycles. The van der Waals surface area contributed by atoms with Gasteiger partial charge in [0.25, 0.3) is 5.91 Å². The van der Waals surface area contributed by atoms with Crippen molar-refractivity contribution in [3.05, 3.63) is 52.8 Å². The van der Waals surface area contributed by atoms with Crippen molar-refractivity contribution in [3.63, 3.8) is 0 Å². The first-order valence-electron chi connectivity index (χ1n) is 15.0. The highest BCUT2D eigenvalue weighted by Crippen LogP contribution is 2.45. The van der Waals surface area contributed by atoms with Crippen LogP contribution in [0.15, 0.2) is 30.5 Å². The second-order valence-electron chi connectivity index (χ2n) is 12.1. The molecule has 1 aliphatic carbocycles. The number of halogens is 3. The molecule has 0 radical (unpaired) electrons. The Labute approximate surface area is 238 Å². The van der Waals surface area contributed by atoms with Crippen LogP contribution in [0.4, 0.5) is 18.0 Å². The molecule has 4 aliphatic rings. The number of carbonyl (C=O) groups is 2. The van der Waals surface area contributed by atoms with Crippen molar-refractivity contribution in [1.82, 2.24) is 29.8 Å². The van der Waals surface area contributed by atoms with Gasteiger partial charge in [-0.25, -0.2) is 4.79 Å². The minimum atomic E-state index is -4.48. The first kappa shape index (κ1) is 28.1. The van der Waals surface area contributed by atoms with Gasteiger partial charge in [0.1, 0.15) is 0 Å². The monoisotopic (exact) mass is 572 g/mol. The van der Waals surface area contributed by atoms with Crippen molar-refractivity contribution < 1.29 is 22.8 Å². The molecule has 4 heterocycles. The van der Waals surface area contributed by atoms with E-state index in [0.717, 1.165) is 63.4 Å². The summed E-state index contributed by atoms with van der Waals surface area (Å²) < 4.78 is 43.4. The molecule has 2 aromatic rings. The number of alkyl halides is 3. The van der Waals surface area contributed by atoms with E-state index < -0.39 is 17.8 Å². The van der Waals surface area contributed by atoms with Gasteiger partial charge in [0.05, 0.1) is 35.1 Å². The van der Waals surface area contributed by atoms with E-state index in [1.165, 1.54) is 12.1 Å². The highest BCUT2D eigenvalue weighted by molar-refractivity contribution is 5.96. The number of nitrogens with one attached hydrogen (secondary N) is 1. The lowest BCUT2D eigenvalue weighted by Gasteiger charge is -2.35. The molecule has 3 amide bonds. The third kappa shape index (κ3) is 5.82. The Kier molecular flexibility index (Phi) is 7.74. The molecular formula is C30H39F3N6O2. The summed E-state index contributed by atoms with van der Waals surface area (Å²) in [7, 11) is 2.10. The molecule has 4 fully saturated rings. The van der Waals surface area contributed by atoms with Crippen molar-refractivity contribution in [3.8, 4) is 0 Å². The zero-order chi connectivity index (χ0) is 28.7. The number of aromatic nitrogens is 2. The van der Waals surface area contributed by atoms with Gasteiger partial charge in [0.15, 0.2) is 0 Å². The Balaban J connectivity index is 1.15. The van der Waals surface area contributed by atoms with Crippen molar-refractivity contribution in [2.24, 2.45) is 0 Å². The van der Waals surface area contributed by atoms with Crippen molar-refractivity contribution in [2.45, 2.75) is 81.6 Å². The van der Waals surface area contributed by atoms with Gasteiger partial charge in [0, 0.05) is 31.6 Å². The maximum absolute atomic E-state index is 13.9. The predicted octanol–water partition coefficient (Wildman–Crippen LogP) is 5.20. The van der Waals surface area contributed by atoms with E-state index >= 15 is 0 Å². The molecule has 3 aliphatic heterocycles. The van der Waals surface area contributed by atoms with Gasteiger partial charge in [-0.05, 0) is 83.1 Å². The van der Waals surface area contributed by atoms with Crippen LogP contribution in [-0.4, -0.2) is 82.2 Å². The molecule has 3 saturated heterocycles. The maximum Gasteiger partial charge on any atom is 0.416 e. The number of nitrogens with zero attached hydrogens (tertiary/aromatic N) is 5. The minimum absolute atomic E-state index is 0.00374. The number of urea groups is 1. The Morgan fingerprint density at radius 2 is 1.63 bits per heavy atom. The van der Waals surface area contributed by atoms with Crippen LogP contribution in [-0.2, 0) is 6.18 Å². The van der Waals surface area contributed by atoms with Gasteiger partial charge in [-0.2, -0.15) is 18.3 Å². The Hall–Kier alpha value is -3.08. The maximum atomic E-state index is 13.9. The lowest BCUT2D eigenvalue weighted by molar-refractivity contribution is -0.138. The number of amides is 3. The fraction of sp³-hybridized carbons (Fsp3) is 0.633. The molecule has 1 aromatic heterocycles. The molecule has 41 heavy (non-hydrogen) atoms. The second kappa shape index (κ2) is 11.3. The quantitative estimate of drug-likeness (QED) is 0.535. The molecule has 11 heteroatoms. The van der Waals surface area contributed by atoms with Crippen LogP contribution in [0.3, 0.4) is 0 Å². The number of hydrogen-bond donors (Lipinski definition) is 1. The molecule has 0 bridgehead atoms. The van der Waals surface area contributed by atoms with Crippen LogP contribution < -0.4 is 5.32 Å². The predicted molar refractivity (Wildman–Crippen MR) is 148 cm³/mol. The first-order chi connectivity index (χ1) is 19.7. The van der Waals surface area contributed by atoms with Crippen molar-refractivity contribution in [1.29, 1.82) is 0 Å². The number of rotatable bonds is 5. The number of carbonyl (C=O) groups excluding carboxylic acids is 2. The molecule has 222 valence electrons. The zero-order valence-corrected chi connectivity index (χ0v) is 23.6. The molecule has 1 unspecified atom stereocenters. The van der Waals surface area contributed by atoms with E-state index in [0.29, 0.717) is 38.0 Å². The highest BCUT2D eigenvalue weighted by atomic mass is 19.4. The van der Waals surface area contributed by atoms with Gasteiger partial charge in [-0.1, -0.05) is 18.2 Å². The van der Waals surface area contributed by atoms with Gasteiger partial charge in [-0.15, -0.1) is 0 Å². The van der Waals surface area contributed by atoms with E-state index in [1.807, 2.05) is 9.58 Å². The second-order valence-corrected chi connectivity index (χ2v) is 12.1. The zero-order valence-electron chi connectivity index (χ0n) is 23.6. The minimum Gasteiger partial charge on any atom is -0.335 e. The van der Waals surface area contributed by atoms with Crippen LogP contribution in [0.1, 0.15) is 96.5 Å². The molecular weight excluding hydrogens is 533 g/mol. The molecule has 6 rings (SSSR count). The normalized spacial score (nSPS) is 23.3. The summed E-state index contributed by atoms with van der Waals surface area (Å²) in [6.07, 6.45) is 3.70. The first-order valence-corrected chi connectivity index (χ1v) is 15.0. The number of likely N-dealkylation sites (tertiary alicyclic amines) is 3. The third-order valence-corrected chi connectivity index (χ3v) is 9.31. The van der Waals surface area contributed by atoms with E-state index in [1.54, 1.807) is 17.2 Å². The van der Waals surface area contributed by atoms with E-state index in [-0.39, 0.29) is 35.5 Å². The Morgan fingerprint density at radius 1 is 0.927 bits per heavy atom. The van der Waals surface area contributed by atoms with Crippen LogP contribution in [0.25, 0.3) is 0 Å². The largest absolute Gasteiger partial charge is 0.416 e. The summed E-state index contributed by atoms with van der Waals surface area (Å²) in [5.41, 5.74) is 0.928. The molecule has 1 atom stereocenters. The fourth-order valence-electron chi connectivity index (χ4n) is 6.86. The summed E-state index contributed by atoms with van der Waals surface area (Å²) in [5.74, 6) is 0.0123. The Morgan fingerprint density at radius 3 is 2.32 bits per heavy atom. The molecule has 1 N–H and O–H groups in total. The summed E-state index contributed by atoms with van der Waals surface area (Å²) >= 11 is 0. The topological polar surface area (TPSA) is 73.7 Å². The summed E-state index contributed by atoms with van der Waals surface area (Å²) in [6, 6.07) is 5.30. The van der Waals surface area contributed by atoms with E-state index in [4.69, 9.17) is 0 Å². The van der Waals surface area contributed by atoms with Crippen molar-refractivity contribution in [2.75, 3.05) is 39.8 Å². The number of benzene rings is 1. The Bertz CT molecular complexity index is 1260. The third-order valence-electron chi connectivity index (χ3n) is 9.31. The van der Waals surface area contributed by atoms with Gasteiger partial charge in [0.2, 0.25) is 0 Å². The number of hydrogen-bond acceptors (Lipinski definition) is 4. The fourth-order valence-corrected chi connectivity index (χ4v) is 6.86. The van der Waals surface area contributed by atoms with Crippen LogP contribution in [0.2, 0.25) is 0 Å². The molecule has 0 spiro atoms. The van der Waals surface area contributed by atoms with E-state index in [9.17, 15) is 22.8 Å². The molecule has 1 saturated carbocycles. The SMILES string of the molecule is CN1CCC(NC(=O)N2CCC(n3ncc(C(=O)N4CCCC4c4ccccc4C(F)(F)F)c3C3CC3)CC2)CC1. The average Bonchev–Trinajstić information content (AvgIpc) is 3.51. The van der Waals surface area contributed by atoms with E-state index in [2.05, 4.69) is 22.4 Å². The lowest BCUT2D eigenvalue weighted by Crippen LogP contribution is -2.50. The van der Waals surface area contributed by atoms with Crippen LogP contribution in [0.5, 0.6) is 0 Å². The van der Waals surface area contributed by atoms with Crippen LogP contribution in [0, 0.1) is 0 Å². The van der Waals surface area contributed by atoms with Gasteiger partial charge >= 0.3 is 12.2 Å². The van der Waals surface area contributed by atoms with Crippen LogP contribution >= 0.6 is 0 Å². The van der Waals surface area contributed by atoms with Gasteiger partial charge in [-0.3, -0.25) is 9.48 Å². The number of piperidine rings is 2.